The van der Waals surface area contributed by atoms with Crippen molar-refractivity contribution in [3.05, 3.63) is 35.4 Å². The second kappa shape index (κ2) is 4.57. The number of benzene rings is 1. The normalized spacial score (nSPS) is 15.6. The highest BCUT2D eigenvalue weighted by molar-refractivity contribution is 5.79. The number of nitrogens with one attached hydrogen (secondary N) is 2. The van der Waals surface area contributed by atoms with Crippen LogP contribution in [-0.2, 0) is 11.2 Å². The summed E-state index contributed by atoms with van der Waals surface area (Å²) in [4.78, 5) is 11.5. The molecule has 1 amide bonds. The van der Waals surface area contributed by atoms with Crippen LogP contribution in [-0.4, -0.2) is 25.0 Å². The van der Waals surface area contributed by atoms with Gasteiger partial charge in [-0.3, -0.25) is 4.79 Å². The van der Waals surface area contributed by atoms with E-state index in [-0.39, 0.29) is 23.9 Å². The fraction of sp³-hybridized carbons (Fsp3) is 0.364. The third kappa shape index (κ3) is 2.36. The third-order valence-electron chi connectivity index (χ3n) is 2.53. The lowest BCUT2D eigenvalue weighted by atomic mass is 10.1. The van der Waals surface area contributed by atoms with E-state index in [0.29, 0.717) is 0 Å². The van der Waals surface area contributed by atoms with E-state index >= 15 is 0 Å². The van der Waals surface area contributed by atoms with Gasteiger partial charge >= 0.3 is 0 Å². The monoisotopic (exact) mass is 226 g/mol. The zero-order valence-corrected chi connectivity index (χ0v) is 8.59. The quantitative estimate of drug-likeness (QED) is 0.792. The molecule has 1 fully saturated rings. The minimum absolute atomic E-state index is 0.0878. The molecule has 0 unspecified atom stereocenters. The highest BCUT2D eigenvalue weighted by Gasteiger charge is 2.19. The van der Waals surface area contributed by atoms with E-state index in [0.717, 1.165) is 19.2 Å². The lowest BCUT2D eigenvalue weighted by Gasteiger charge is -2.27. The summed E-state index contributed by atoms with van der Waals surface area (Å²) in [6.45, 7) is 1.47. The van der Waals surface area contributed by atoms with Crippen LogP contribution < -0.4 is 10.6 Å². The Balaban J connectivity index is 1.97. The van der Waals surface area contributed by atoms with Gasteiger partial charge in [-0.2, -0.15) is 0 Å². The average molecular weight is 226 g/mol. The van der Waals surface area contributed by atoms with Gasteiger partial charge in [-0.15, -0.1) is 0 Å². The van der Waals surface area contributed by atoms with Crippen LogP contribution in [0.1, 0.15) is 5.56 Å². The first kappa shape index (κ1) is 11.0. The summed E-state index contributed by atoms with van der Waals surface area (Å²) in [5, 5.41) is 5.72. The maximum Gasteiger partial charge on any atom is 0.224 e. The maximum atomic E-state index is 13.2. The molecule has 3 nitrogen and oxygen atoms in total. The molecule has 0 aromatic heterocycles. The summed E-state index contributed by atoms with van der Waals surface area (Å²) in [5.41, 5.74) is 0.0878. The molecule has 0 saturated carbocycles. The van der Waals surface area contributed by atoms with Crippen molar-refractivity contribution >= 4 is 5.91 Å². The second-order valence-corrected chi connectivity index (χ2v) is 3.81. The molecule has 2 N–H and O–H groups in total. The van der Waals surface area contributed by atoms with Crippen molar-refractivity contribution in [2.45, 2.75) is 12.5 Å². The van der Waals surface area contributed by atoms with E-state index < -0.39 is 11.6 Å². The summed E-state index contributed by atoms with van der Waals surface area (Å²) >= 11 is 0. The van der Waals surface area contributed by atoms with Crippen LogP contribution in [0.25, 0.3) is 0 Å². The van der Waals surface area contributed by atoms with Crippen LogP contribution in [0.15, 0.2) is 18.2 Å². The van der Waals surface area contributed by atoms with Gasteiger partial charge in [0.2, 0.25) is 5.91 Å². The number of rotatable bonds is 3. The standard InChI is InChI=1S/C11H12F2N2O/c12-9-3-1-2-7(11(9)13)4-10(16)15-8-5-14-6-8/h1-3,8,14H,4-6H2,(H,15,16). The number of hydrogen-bond acceptors (Lipinski definition) is 2. The second-order valence-electron chi connectivity index (χ2n) is 3.81. The average Bonchev–Trinajstić information content (AvgIpc) is 2.19. The molecule has 1 aromatic carbocycles. The zero-order valence-electron chi connectivity index (χ0n) is 8.59. The van der Waals surface area contributed by atoms with Gasteiger partial charge in [-0.05, 0) is 6.07 Å². The summed E-state index contributed by atoms with van der Waals surface area (Å²) in [5.74, 6) is -2.14. The molecule has 1 aliphatic rings. The Hall–Kier alpha value is -1.49. The Morgan fingerprint density at radius 1 is 1.44 bits per heavy atom. The molecule has 16 heavy (non-hydrogen) atoms. The fourth-order valence-corrected chi connectivity index (χ4v) is 1.53. The molecule has 1 aromatic rings. The molecule has 86 valence electrons. The van der Waals surface area contributed by atoms with Gasteiger partial charge in [-0.25, -0.2) is 8.78 Å². The van der Waals surface area contributed by atoms with E-state index in [4.69, 9.17) is 0 Å². The van der Waals surface area contributed by atoms with Crippen LogP contribution in [0.3, 0.4) is 0 Å². The topological polar surface area (TPSA) is 41.1 Å². The highest BCUT2D eigenvalue weighted by atomic mass is 19.2. The van der Waals surface area contributed by atoms with Crippen molar-refractivity contribution in [2.75, 3.05) is 13.1 Å². The SMILES string of the molecule is O=C(Cc1cccc(F)c1F)NC1CNC1. The Morgan fingerprint density at radius 2 is 2.19 bits per heavy atom. The van der Waals surface area contributed by atoms with Crippen LogP contribution in [0.5, 0.6) is 0 Å². The van der Waals surface area contributed by atoms with Gasteiger partial charge in [0.25, 0.3) is 0 Å². The van der Waals surface area contributed by atoms with Crippen LogP contribution in [0, 0.1) is 11.6 Å². The zero-order chi connectivity index (χ0) is 11.5. The van der Waals surface area contributed by atoms with Gasteiger partial charge in [0.05, 0.1) is 12.5 Å². The number of carbonyl (C=O) groups is 1. The molecule has 0 spiro atoms. The molecule has 5 heteroatoms. The molecule has 0 bridgehead atoms. The molecular weight excluding hydrogens is 214 g/mol. The van der Waals surface area contributed by atoms with Crippen molar-refractivity contribution < 1.29 is 13.6 Å². The molecule has 1 saturated heterocycles. The largest absolute Gasteiger partial charge is 0.351 e. The van der Waals surface area contributed by atoms with Crippen molar-refractivity contribution in [3.63, 3.8) is 0 Å². The molecule has 2 rings (SSSR count). The predicted molar refractivity (Wildman–Crippen MR) is 54.9 cm³/mol. The van der Waals surface area contributed by atoms with Crippen LogP contribution >= 0.6 is 0 Å². The first-order valence-electron chi connectivity index (χ1n) is 5.10. The van der Waals surface area contributed by atoms with Crippen LogP contribution in [0.2, 0.25) is 0 Å². The fourth-order valence-electron chi connectivity index (χ4n) is 1.53. The van der Waals surface area contributed by atoms with E-state index in [1.54, 1.807) is 0 Å². The molecular formula is C11H12F2N2O. The minimum Gasteiger partial charge on any atom is -0.351 e. The summed E-state index contributed by atoms with van der Waals surface area (Å²) in [6.07, 6.45) is -0.125. The van der Waals surface area contributed by atoms with Gasteiger partial charge < -0.3 is 10.6 Å². The molecule has 1 aliphatic heterocycles. The number of hydrogen-bond donors (Lipinski definition) is 2. The smallest absolute Gasteiger partial charge is 0.224 e. The number of carbonyl (C=O) groups excluding carboxylic acids is 1. The minimum atomic E-state index is -0.940. The molecule has 1 heterocycles. The lowest BCUT2D eigenvalue weighted by molar-refractivity contribution is -0.121. The van der Waals surface area contributed by atoms with Crippen molar-refractivity contribution in [1.82, 2.24) is 10.6 Å². The molecule has 0 aliphatic carbocycles. The van der Waals surface area contributed by atoms with Crippen molar-refractivity contribution in [1.29, 1.82) is 0 Å². The summed E-state index contributed by atoms with van der Waals surface area (Å²) in [7, 11) is 0. The Kier molecular flexibility index (Phi) is 3.14. The first-order valence-corrected chi connectivity index (χ1v) is 5.10. The van der Waals surface area contributed by atoms with Crippen LogP contribution in [0.4, 0.5) is 8.78 Å². The van der Waals surface area contributed by atoms with E-state index in [9.17, 15) is 13.6 Å². The first-order chi connectivity index (χ1) is 7.66. The van der Waals surface area contributed by atoms with E-state index in [1.807, 2.05) is 0 Å². The summed E-state index contributed by atoms with van der Waals surface area (Å²) in [6, 6.07) is 3.96. The van der Waals surface area contributed by atoms with Gasteiger partial charge in [0.15, 0.2) is 11.6 Å². The van der Waals surface area contributed by atoms with Crippen molar-refractivity contribution in [3.8, 4) is 0 Å². The number of halogens is 2. The molecule has 0 radical (unpaired) electrons. The predicted octanol–water partition coefficient (Wildman–Crippen LogP) is 0.595. The Morgan fingerprint density at radius 3 is 2.81 bits per heavy atom. The maximum absolute atomic E-state index is 13.2. The van der Waals surface area contributed by atoms with Crippen molar-refractivity contribution in [2.24, 2.45) is 0 Å². The molecule has 0 atom stereocenters. The lowest BCUT2D eigenvalue weighted by Crippen LogP contribution is -2.57. The van der Waals surface area contributed by atoms with Gasteiger partial charge in [0.1, 0.15) is 0 Å². The Labute approximate surface area is 91.8 Å². The Bertz CT molecular complexity index is 405. The van der Waals surface area contributed by atoms with E-state index in [1.165, 1.54) is 12.1 Å². The van der Waals surface area contributed by atoms with Gasteiger partial charge in [-0.1, -0.05) is 12.1 Å². The number of amides is 1. The van der Waals surface area contributed by atoms with Gasteiger partial charge in [0, 0.05) is 18.7 Å². The highest BCUT2D eigenvalue weighted by Crippen LogP contribution is 2.11. The third-order valence-corrected chi connectivity index (χ3v) is 2.53. The van der Waals surface area contributed by atoms with E-state index in [2.05, 4.69) is 10.6 Å². The summed E-state index contributed by atoms with van der Waals surface area (Å²) < 4.78 is 26.1.